The molecule has 4 heteroatoms. The van der Waals surface area contributed by atoms with E-state index in [0.717, 1.165) is 10.0 Å². The number of benzene rings is 2. The summed E-state index contributed by atoms with van der Waals surface area (Å²) < 4.78 is 0.976. The molecule has 0 bridgehead atoms. The van der Waals surface area contributed by atoms with E-state index in [2.05, 4.69) is 21.2 Å². The van der Waals surface area contributed by atoms with Gasteiger partial charge in [-0.05, 0) is 30.7 Å². The molecule has 1 amide bonds. The van der Waals surface area contributed by atoms with Crippen LogP contribution in [0.2, 0.25) is 0 Å². The summed E-state index contributed by atoms with van der Waals surface area (Å²) in [6.45, 7) is 1.94. The fourth-order valence-electron chi connectivity index (χ4n) is 1.88. The van der Waals surface area contributed by atoms with Crippen molar-refractivity contribution in [3.05, 3.63) is 64.1 Å². The molecule has 2 aromatic carbocycles. The first kappa shape index (κ1) is 13.6. The van der Waals surface area contributed by atoms with Crippen molar-refractivity contribution in [2.45, 2.75) is 13.0 Å². The zero-order chi connectivity index (χ0) is 13.8. The summed E-state index contributed by atoms with van der Waals surface area (Å²) in [4.78, 5) is 12.2. The number of anilines is 1. The van der Waals surface area contributed by atoms with E-state index in [9.17, 15) is 4.79 Å². The molecule has 0 aromatic heterocycles. The Bertz CT molecular complexity index is 598. The summed E-state index contributed by atoms with van der Waals surface area (Å²) in [6.07, 6.45) is 0. The minimum absolute atomic E-state index is 0.0947. The number of hydrogen-bond acceptors (Lipinski definition) is 2. The van der Waals surface area contributed by atoms with Crippen LogP contribution in [-0.4, -0.2) is 5.91 Å². The lowest BCUT2D eigenvalue weighted by Gasteiger charge is -2.16. The Morgan fingerprint density at radius 3 is 2.47 bits per heavy atom. The van der Waals surface area contributed by atoms with Gasteiger partial charge in [-0.15, -0.1) is 0 Å². The number of amides is 1. The second kappa shape index (κ2) is 5.89. The Balaban J connectivity index is 2.16. The third-order valence-electron chi connectivity index (χ3n) is 2.92. The smallest absolute Gasteiger partial charge is 0.253 e. The first-order chi connectivity index (χ1) is 9.09. The molecular weight excluding hydrogens is 304 g/mol. The second-order valence-corrected chi connectivity index (χ2v) is 5.16. The van der Waals surface area contributed by atoms with E-state index in [4.69, 9.17) is 5.73 Å². The highest BCUT2D eigenvalue weighted by molar-refractivity contribution is 9.10. The second-order valence-electron chi connectivity index (χ2n) is 4.30. The molecule has 0 saturated carbocycles. The van der Waals surface area contributed by atoms with E-state index >= 15 is 0 Å². The molecule has 3 N–H and O–H groups in total. The number of carbonyl (C=O) groups is 1. The van der Waals surface area contributed by atoms with E-state index in [-0.39, 0.29) is 11.9 Å². The van der Waals surface area contributed by atoms with Gasteiger partial charge in [0.2, 0.25) is 0 Å². The van der Waals surface area contributed by atoms with Gasteiger partial charge in [0.25, 0.3) is 5.91 Å². The molecule has 2 aromatic rings. The van der Waals surface area contributed by atoms with Gasteiger partial charge in [-0.2, -0.15) is 0 Å². The summed E-state index contributed by atoms with van der Waals surface area (Å²) in [5.74, 6) is -0.165. The van der Waals surface area contributed by atoms with Crippen LogP contribution in [0, 0.1) is 0 Å². The van der Waals surface area contributed by atoms with Crippen molar-refractivity contribution in [3.8, 4) is 0 Å². The Morgan fingerprint density at radius 1 is 1.16 bits per heavy atom. The Labute approximate surface area is 121 Å². The zero-order valence-electron chi connectivity index (χ0n) is 10.6. The molecule has 0 fully saturated rings. The fourth-order valence-corrected chi connectivity index (χ4v) is 2.51. The van der Waals surface area contributed by atoms with Gasteiger partial charge >= 0.3 is 0 Å². The minimum Gasteiger partial charge on any atom is -0.398 e. The van der Waals surface area contributed by atoms with E-state index in [1.807, 2.05) is 37.3 Å². The molecule has 0 aliphatic heterocycles. The summed E-state index contributed by atoms with van der Waals surface area (Å²) in [5.41, 5.74) is 7.82. The lowest BCUT2D eigenvalue weighted by atomic mass is 10.1. The lowest BCUT2D eigenvalue weighted by Crippen LogP contribution is -2.27. The molecule has 98 valence electrons. The number of nitrogen functional groups attached to an aromatic ring is 1. The van der Waals surface area contributed by atoms with Crippen molar-refractivity contribution in [1.29, 1.82) is 0 Å². The number of hydrogen-bond donors (Lipinski definition) is 2. The topological polar surface area (TPSA) is 55.1 Å². The monoisotopic (exact) mass is 318 g/mol. The number of halogens is 1. The summed E-state index contributed by atoms with van der Waals surface area (Å²) in [5, 5.41) is 2.95. The van der Waals surface area contributed by atoms with Crippen LogP contribution in [0.5, 0.6) is 0 Å². The molecular formula is C15H15BrN2O. The van der Waals surface area contributed by atoms with Gasteiger partial charge in [0.05, 0.1) is 11.6 Å². The largest absolute Gasteiger partial charge is 0.398 e. The number of nitrogens with two attached hydrogens (primary N) is 1. The van der Waals surface area contributed by atoms with Gasteiger partial charge in [-0.25, -0.2) is 0 Å². The normalized spacial score (nSPS) is 11.9. The molecule has 0 unspecified atom stereocenters. The number of para-hydroxylation sites is 1. The van der Waals surface area contributed by atoms with Crippen molar-refractivity contribution in [3.63, 3.8) is 0 Å². The Kier molecular flexibility index (Phi) is 4.22. The van der Waals surface area contributed by atoms with Gasteiger partial charge in [0.1, 0.15) is 0 Å². The summed E-state index contributed by atoms with van der Waals surface area (Å²) >= 11 is 3.48. The van der Waals surface area contributed by atoms with Crippen LogP contribution < -0.4 is 11.1 Å². The van der Waals surface area contributed by atoms with Gasteiger partial charge in [0, 0.05) is 10.2 Å². The van der Waals surface area contributed by atoms with E-state index in [1.165, 1.54) is 0 Å². The number of carbonyl (C=O) groups excluding carboxylic acids is 1. The Hall–Kier alpha value is -1.81. The van der Waals surface area contributed by atoms with E-state index in [1.54, 1.807) is 18.2 Å². The fraction of sp³-hybridized carbons (Fsp3) is 0.133. The maximum absolute atomic E-state index is 12.2. The predicted octanol–water partition coefficient (Wildman–Crippen LogP) is 3.52. The average molecular weight is 319 g/mol. The van der Waals surface area contributed by atoms with Crippen LogP contribution in [-0.2, 0) is 0 Å². The quantitative estimate of drug-likeness (QED) is 0.851. The summed E-state index contributed by atoms with van der Waals surface area (Å²) in [6, 6.07) is 14.8. The maximum atomic E-state index is 12.2. The lowest BCUT2D eigenvalue weighted by molar-refractivity contribution is 0.0940. The first-order valence-electron chi connectivity index (χ1n) is 5.99. The molecule has 0 spiro atoms. The summed E-state index contributed by atoms with van der Waals surface area (Å²) in [7, 11) is 0. The molecule has 0 aliphatic rings. The number of nitrogens with one attached hydrogen (secondary N) is 1. The van der Waals surface area contributed by atoms with Crippen molar-refractivity contribution in [2.24, 2.45) is 0 Å². The molecule has 2 rings (SSSR count). The van der Waals surface area contributed by atoms with E-state index in [0.29, 0.717) is 11.3 Å². The molecule has 3 nitrogen and oxygen atoms in total. The van der Waals surface area contributed by atoms with Crippen LogP contribution in [0.25, 0.3) is 0 Å². The highest BCUT2D eigenvalue weighted by Gasteiger charge is 2.14. The standard InChI is InChI=1S/C15H15BrN2O/c1-10(11-6-2-4-8-13(11)16)18-15(19)12-7-3-5-9-14(12)17/h2-10H,17H2,1H3,(H,18,19)/t10-/m1/s1. The van der Waals surface area contributed by atoms with Crippen molar-refractivity contribution < 1.29 is 4.79 Å². The van der Waals surface area contributed by atoms with Crippen molar-refractivity contribution in [1.82, 2.24) is 5.32 Å². The molecule has 19 heavy (non-hydrogen) atoms. The van der Waals surface area contributed by atoms with Crippen LogP contribution in [0.3, 0.4) is 0 Å². The van der Waals surface area contributed by atoms with E-state index < -0.39 is 0 Å². The van der Waals surface area contributed by atoms with Crippen LogP contribution in [0.4, 0.5) is 5.69 Å². The van der Waals surface area contributed by atoms with Crippen molar-refractivity contribution >= 4 is 27.5 Å². The average Bonchev–Trinajstić information content (AvgIpc) is 2.39. The van der Waals surface area contributed by atoms with Crippen LogP contribution in [0.15, 0.2) is 53.0 Å². The van der Waals surface area contributed by atoms with Gasteiger partial charge in [0.15, 0.2) is 0 Å². The predicted molar refractivity (Wildman–Crippen MR) is 80.9 cm³/mol. The van der Waals surface area contributed by atoms with Gasteiger partial charge in [-0.1, -0.05) is 46.3 Å². The maximum Gasteiger partial charge on any atom is 0.253 e. The highest BCUT2D eigenvalue weighted by atomic mass is 79.9. The number of rotatable bonds is 3. The molecule has 1 atom stereocenters. The third kappa shape index (κ3) is 3.15. The molecule has 0 heterocycles. The van der Waals surface area contributed by atoms with Gasteiger partial charge < -0.3 is 11.1 Å². The zero-order valence-corrected chi connectivity index (χ0v) is 12.1. The van der Waals surface area contributed by atoms with Crippen LogP contribution in [0.1, 0.15) is 28.9 Å². The SMILES string of the molecule is C[C@@H](NC(=O)c1ccccc1N)c1ccccc1Br. The third-order valence-corrected chi connectivity index (χ3v) is 3.65. The molecule has 0 saturated heterocycles. The molecule has 0 aliphatic carbocycles. The van der Waals surface area contributed by atoms with Crippen LogP contribution >= 0.6 is 15.9 Å². The molecule has 0 radical (unpaired) electrons. The highest BCUT2D eigenvalue weighted by Crippen LogP contribution is 2.23. The first-order valence-corrected chi connectivity index (χ1v) is 6.78. The van der Waals surface area contributed by atoms with Crippen molar-refractivity contribution in [2.75, 3.05) is 5.73 Å². The minimum atomic E-state index is -0.165. The Morgan fingerprint density at radius 2 is 1.79 bits per heavy atom. The van der Waals surface area contributed by atoms with Gasteiger partial charge in [-0.3, -0.25) is 4.79 Å².